The average Bonchev–Trinajstić information content (AvgIpc) is 2.86. The molecule has 2 fully saturated rings. The third-order valence-electron chi connectivity index (χ3n) is 8.81. The molecule has 3 aliphatic carbocycles. The number of hydrogen-bond donors (Lipinski definition) is 3. The summed E-state index contributed by atoms with van der Waals surface area (Å²) in [6.07, 6.45) is 0.243. The van der Waals surface area contributed by atoms with Gasteiger partial charge in [0, 0.05) is 5.92 Å². The van der Waals surface area contributed by atoms with Crippen LogP contribution >= 0.6 is 0 Å². The minimum absolute atomic E-state index is 0.00551. The summed E-state index contributed by atoms with van der Waals surface area (Å²) in [6.45, 7) is 4.15. The van der Waals surface area contributed by atoms with Crippen molar-refractivity contribution in [3.8, 4) is 16.9 Å². The molecule has 39 heavy (non-hydrogen) atoms. The Morgan fingerprint density at radius 2 is 1.77 bits per heavy atom. The molecule has 0 bridgehead atoms. The van der Waals surface area contributed by atoms with E-state index in [0.29, 0.717) is 5.56 Å². The minimum atomic E-state index is -2.73. The van der Waals surface area contributed by atoms with Crippen LogP contribution in [0.25, 0.3) is 11.1 Å². The molecule has 6 atom stereocenters. The van der Waals surface area contributed by atoms with Crippen molar-refractivity contribution in [2.75, 3.05) is 14.1 Å². The number of hydrogen-bond acceptors (Lipinski definition) is 8. The number of Topliss-reactive ketones (excluding diaryl/α,β-unsaturated/α-hetero) is 4. The second-order valence-electron chi connectivity index (χ2n) is 11.6. The van der Waals surface area contributed by atoms with Crippen LogP contribution in [-0.2, 0) is 25.6 Å². The van der Waals surface area contributed by atoms with Gasteiger partial charge in [0.15, 0.2) is 34.7 Å². The smallest absolute Gasteiger partial charge is 0.235 e. The Kier molecular flexibility index (Phi) is 6.35. The van der Waals surface area contributed by atoms with Crippen molar-refractivity contribution in [2.24, 2.45) is 29.4 Å². The number of carbonyl (C=O) groups excluding carboxylic acids is 5. The lowest BCUT2D eigenvalue weighted by Crippen LogP contribution is -2.74. The molecule has 9 heteroatoms. The number of aromatic hydroxyl groups is 1. The number of nitrogens with zero attached hydrogens (tertiary/aromatic N) is 1. The fourth-order valence-electron chi connectivity index (χ4n) is 6.94. The number of carbonyl (C=O) groups is 5. The first-order valence-electron chi connectivity index (χ1n) is 13.1. The first-order valence-corrected chi connectivity index (χ1v) is 13.1. The minimum Gasteiger partial charge on any atom is -0.507 e. The highest BCUT2D eigenvalue weighted by atomic mass is 16.3. The summed E-state index contributed by atoms with van der Waals surface area (Å²) in [4.78, 5) is 68.0. The van der Waals surface area contributed by atoms with Crippen LogP contribution in [0.15, 0.2) is 36.4 Å². The zero-order chi connectivity index (χ0) is 28.5. The van der Waals surface area contributed by atoms with Crippen molar-refractivity contribution in [1.29, 1.82) is 0 Å². The zero-order valence-corrected chi connectivity index (χ0v) is 22.3. The van der Waals surface area contributed by atoms with Gasteiger partial charge in [0.1, 0.15) is 5.75 Å². The number of ketones is 4. The number of primary amides is 1. The Labute approximate surface area is 226 Å². The van der Waals surface area contributed by atoms with E-state index in [1.807, 2.05) is 24.3 Å². The summed E-state index contributed by atoms with van der Waals surface area (Å²) >= 11 is 0. The summed E-state index contributed by atoms with van der Waals surface area (Å²) in [5.41, 5.74) is 5.93. The Balaban J connectivity index is 1.65. The van der Waals surface area contributed by atoms with E-state index in [4.69, 9.17) is 5.73 Å². The number of aliphatic hydroxyl groups is 1. The van der Waals surface area contributed by atoms with E-state index in [0.717, 1.165) is 16.7 Å². The van der Waals surface area contributed by atoms with E-state index < -0.39 is 64.4 Å². The second kappa shape index (κ2) is 9.20. The number of likely N-dealkylation sites (N-methyl/N-ethyl adjacent to an activating group) is 1. The van der Waals surface area contributed by atoms with Gasteiger partial charge >= 0.3 is 0 Å². The van der Waals surface area contributed by atoms with Crippen molar-refractivity contribution in [3.63, 3.8) is 0 Å². The number of nitrogens with two attached hydrogens (primary N) is 1. The van der Waals surface area contributed by atoms with Gasteiger partial charge in [-0.05, 0) is 67.1 Å². The largest absolute Gasteiger partial charge is 0.507 e. The van der Waals surface area contributed by atoms with Gasteiger partial charge in [-0.15, -0.1) is 0 Å². The molecule has 9 nitrogen and oxygen atoms in total. The maximum absolute atomic E-state index is 13.9. The molecule has 0 saturated heterocycles. The van der Waals surface area contributed by atoms with Gasteiger partial charge in [-0.2, -0.15) is 0 Å². The molecule has 0 aromatic heterocycles. The van der Waals surface area contributed by atoms with Crippen LogP contribution in [0.1, 0.15) is 47.7 Å². The fraction of sp³-hybridized carbons (Fsp3) is 0.433. The molecular weight excluding hydrogens is 500 g/mol. The zero-order valence-electron chi connectivity index (χ0n) is 22.3. The lowest BCUT2D eigenvalue weighted by Gasteiger charge is -2.52. The summed E-state index contributed by atoms with van der Waals surface area (Å²) < 4.78 is 0. The number of fused-ring (bicyclic) bond motifs is 3. The predicted molar refractivity (Wildman–Crippen MR) is 141 cm³/mol. The van der Waals surface area contributed by atoms with Gasteiger partial charge < -0.3 is 15.9 Å². The van der Waals surface area contributed by atoms with Gasteiger partial charge in [-0.3, -0.25) is 28.9 Å². The van der Waals surface area contributed by atoms with Crippen LogP contribution in [0.2, 0.25) is 0 Å². The van der Waals surface area contributed by atoms with Gasteiger partial charge in [0.05, 0.1) is 17.5 Å². The summed E-state index contributed by atoms with van der Waals surface area (Å²) in [5, 5.41) is 22.4. The third-order valence-corrected chi connectivity index (χ3v) is 8.81. The molecule has 0 radical (unpaired) electrons. The summed E-state index contributed by atoms with van der Waals surface area (Å²) in [7, 11) is 3.12. The first kappa shape index (κ1) is 26.9. The van der Waals surface area contributed by atoms with Crippen LogP contribution in [-0.4, -0.2) is 69.9 Å². The molecule has 1 amide bonds. The Morgan fingerprint density at radius 1 is 1.08 bits per heavy atom. The van der Waals surface area contributed by atoms with Gasteiger partial charge in [-0.1, -0.05) is 44.2 Å². The van der Waals surface area contributed by atoms with E-state index in [1.165, 1.54) is 11.0 Å². The van der Waals surface area contributed by atoms with Gasteiger partial charge in [-0.25, -0.2) is 0 Å². The maximum Gasteiger partial charge on any atom is 0.235 e. The number of phenols is 1. The molecule has 0 heterocycles. The van der Waals surface area contributed by atoms with Crippen LogP contribution < -0.4 is 5.73 Å². The Hall–Kier alpha value is -3.69. The topological polar surface area (TPSA) is 155 Å². The molecule has 2 saturated carbocycles. The van der Waals surface area contributed by atoms with Crippen LogP contribution in [0.4, 0.5) is 0 Å². The number of benzene rings is 2. The standard InChI is InChI=1S/C30H32N2O7/c1-13(2)14-6-5-7-15(10-14)17-8-9-20(33)22-18(17)11-16-12-19-24(32(3)4)26(35)23(29(31)38)28(37)30(19,39)27(36)21(16)25(22)34/h5-10,13,16,19,21,23-24,33,39H,11-12H2,1-4H3,(H2,31,38)/t16-,19-,21?,23?,24-,30-/m0/s1. The molecule has 2 aromatic rings. The Morgan fingerprint density at radius 3 is 2.38 bits per heavy atom. The number of phenolic OH excluding ortho intramolecular Hbond substituents is 1. The van der Waals surface area contributed by atoms with Crippen molar-refractivity contribution >= 4 is 29.0 Å². The average molecular weight is 533 g/mol. The van der Waals surface area contributed by atoms with E-state index in [2.05, 4.69) is 13.8 Å². The van der Waals surface area contributed by atoms with Crippen molar-refractivity contribution < 1.29 is 34.2 Å². The van der Waals surface area contributed by atoms with Gasteiger partial charge in [0.2, 0.25) is 5.91 Å². The van der Waals surface area contributed by atoms with Crippen molar-refractivity contribution in [3.05, 3.63) is 53.1 Å². The lowest BCUT2D eigenvalue weighted by atomic mass is 9.52. The molecule has 0 spiro atoms. The number of rotatable bonds is 4. The summed E-state index contributed by atoms with van der Waals surface area (Å²) in [5.74, 6) is -10.2. The SMILES string of the molecule is CC(C)c1cccc(-c2ccc(O)c3c2C[C@H]2C[C@H]4[C@H](N(C)C)C(=O)C(C(N)=O)C(=O)[C@@]4(O)C(=O)C2C3=O)c1. The second-order valence-corrected chi connectivity index (χ2v) is 11.6. The predicted octanol–water partition coefficient (Wildman–Crippen LogP) is 1.66. The normalized spacial score (nSPS) is 30.3. The quantitative estimate of drug-likeness (QED) is 0.502. The molecule has 2 aromatic carbocycles. The van der Waals surface area contributed by atoms with E-state index in [9.17, 15) is 34.2 Å². The number of amides is 1. The first-order chi connectivity index (χ1) is 18.3. The molecule has 204 valence electrons. The van der Waals surface area contributed by atoms with Crippen LogP contribution in [0.5, 0.6) is 5.75 Å². The third kappa shape index (κ3) is 3.78. The van der Waals surface area contributed by atoms with E-state index in [1.54, 1.807) is 20.2 Å². The van der Waals surface area contributed by atoms with E-state index in [-0.39, 0.29) is 30.1 Å². The molecule has 5 rings (SSSR count). The monoisotopic (exact) mass is 532 g/mol. The molecule has 4 N–H and O–H groups in total. The highest BCUT2D eigenvalue weighted by Gasteiger charge is 2.69. The molecule has 3 aliphatic rings. The van der Waals surface area contributed by atoms with Gasteiger partial charge in [0.25, 0.3) is 0 Å². The molecule has 0 aliphatic heterocycles. The fourth-order valence-corrected chi connectivity index (χ4v) is 6.94. The van der Waals surface area contributed by atoms with E-state index >= 15 is 0 Å². The van der Waals surface area contributed by atoms with Crippen molar-refractivity contribution in [2.45, 2.75) is 44.2 Å². The maximum atomic E-state index is 13.9. The lowest BCUT2D eigenvalue weighted by molar-refractivity contribution is -0.181. The molecular formula is C30H32N2O7. The highest BCUT2D eigenvalue weighted by molar-refractivity contribution is 6.32. The van der Waals surface area contributed by atoms with Crippen molar-refractivity contribution in [1.82, 2.24) is 4.90 Å². The summed E-state index contributed by atoms with van der Waals surface area (Å²) in [6, 6.07) is 9.93. The molecule has 2 unspecified atom stereocenters. The highest BCUT2D eigenvalue weighted by Crippen LogP contribution is 2.51. The Bertz CT molecular complexity index is 1440. The van der Waals surface area contributed by atoms with Crippen LogP contribution in [0.3, 0.4) is 0 Å². The van der Waals surface area contributed by atoms with Crippen LogP contribution in [0, 0.1) is 23.7 Å².